The predicted octanol–water partition coefficient (Wildman–Crippen LogP) is -0.910. The molecule has 0 nitrogen and oxygen atoms in total. The van der Waals surface area contributed by atoms with Crippen LogP contribution >= 0.6 is 0 Å². The Balaban J connectivity index is 0.000000405. The van der Waals surface area contributed by atoms with Gasteiger partial charge >= 0.3 is 51.4 Å². The van der Waals surface area contributed by atoms with Gasteiger partial charge in [0.25, 0.3) is 0 Å². The van der Waals surface area contributed by atoms with Crippen LogP contribution in [0, 0.1) is 12.0 Å². The van der Waals surface area contributed by atoms with Gasteiger partial charge in [-0.3, -0.25) is 6.08 Å². The topological polar surface area (TPSA) is 0 Å². The van der Waals surface area contributed by atoms with E-state index in [9.17, 15) is 0 Å². The third-order valence-corrected chi connectivity index (χ3v) is 1.98. The molecule has 0 heterocycles. The van der Waals surface area contributed by atoms with Crippen LogP contribution in [-0.4, -0.2) is 0 Å². The van der Waals surface area contributed by atoms with Crippen LogP contribution in [0.4, 0.5) is 0 Å². The van der Waals surface area contributed by atoms with Gasteiger partial charge in [-0.15, -0.1) is 0 Å². The molecule has 42 valence electrons. The molecule has 2 aliphatic rings. The van der Waals surface area contributed by atoms with E-state index in [1.807, 2.05) is 0 Å². The van der Waals surface area contributed by atoms with Crippen molar-refractivity contribution in [2.24, 2.45) is 5.92 Å². The molecule has 0 aromatic carbocycles. The van der Waals surface area contributed by atoms with Crippen LogP contribution in [0.25, 0.3) is 0 Å². The molecule has 0 aliphatic heterocycles. The van der Waals surface area contributed by atoms with E-state index in [1.165, 1.54) is 24.8 Å². The molecule has 1 unspecified atom stereocenters. The molecule has 1 saturated carbocycles. The molecule has 2 aliphatic carbocycles. The van der Waals surface area contributed by atoms with E-state index in [2.05, 4.69) is 18.2 Å². The maximum Gasteiger partial charge on any atom is 1.00 e. The number of allylic oxidation sites excluding steroid dienone is 4. The predicted molar refractivity (Wildman–Crippen MR) is 33.2 cm³/mol. The molecular formula is C8H9K. The molecule has 0 N–H and O–H groups in total. The Kier molecular flexibility index (Phi) is 3.19. The first-order valence-corrected chi connectivity index (χ1v) is 3.23. The van der Waals surface area contributed by atoms with E-state index in [-0.39, 0.29) is 51.4 Å². The summed E-state index contributed by atoms with van der Waals surface area (Å²) in [5, 5.41) is 0. The van der Waals surface area contributed by atoms with E-state index in [0.29, 0.717) is 0 Å². The first-order chi connectivity index (χ1) is 3.95. The summed E-state index contributed by atoms with van der Waals surface area (Å²) in [6.07, 6.45) is 11.6. The Morgan fingerprint density at radius 2 is 2.44 bits per heavy atom. The third-order valence-electron chi connectivity index (χ3n) is 1.98. The number of hydrogen-bond donors (Lipinski definition) is 0. The van der Waals surface area contributed by atoms with E-state index in [1.54, 1.807) is 0 Å². The van der Waals surface area contributed by atoms with Crippen molar-refractivity contribution in [3.63, 3.8) is 0 Å². The Bertz CT molecular complexity index is 156. The zero-order valence-electron chi connectivity index (χ0n) is 5.85. The van der Waals surface area contributed by atoms with Crippen LogP contribution in [0.1, 0.15) is 19.3 Å². The summed E-state index contributed by atoms with van der Waals surface area (Å²) in [6.45, 7) is 0. The van der Waals surface area contributed by atoms with Gasteiger partial charge in [-0.2, -0.15) is 5.57 Å². The Labute approximate surface area is 98.8 Å². The molecule has 0 aromatic rings. The zero-order chi connectivity index (χ0) is 5.40. The third kappa shape index (κ3) is 1.78. The maximum atomic E-state index is 3.25. The molecule has 9 heavy (non-hydrogen) atoms. The van der Waals surface area contributed by atoms with Crippen molar-refractivity contribution in [2.75, 3.05) is 0 Å². The minimum Gasteiger partial charge on any atom is -0.252 e. The summed E-state index contributed by atoms with van der Waals surface area (Å²) >= 11 is 0. The van der Waals surface area contributed by atoms with Gasteiger partial charge in [0.2, 0.25) is 0 Å². The minimum absolute atomic E-state index is 0. The number of rotatable bonds is 0. The van der Waals surface area contributed by atoms with Gasteiger partial charge in [-0.05, 0) is 0 Å². The number of fused-ring (bicyclic) bond motifs is 2. The summed E-state index contributed by atoms with van der Waals surface area (Å²) in [5.41, 5.74) is 1.54. The van der Waals surface area contributed by atoms with E-state index in [0.717, 1.165) is 5.92 Å². The van der Waals surface area contributed by atoms with Crippen molar-refractivity contribution in [1.82, 2.24) is 0 Å². The van der Waals surface area contributed by atoms with Crippen LogP contribution in [0.2, 0.25) is 0 Å². The minimum atomic E-state index is 0. The largest absolute Gasteiger partial charge is 1.00 e. The molecule has 2 rings (SSSR count). The van der Waals surface area contributed by atoms with Gasteiger partial charge in [0.05, 0.1) is 0 Å². The molecule has 1 fully saturated rings. The molecule has 2 bridgehead atoms. The van der Waals surface area contributed by atoms with Crippen LogP contribution in [0.3, 0.4) is 0 Å². The van der Waals surface area contributed by atoms with Crippen LogP contribution in [0.15, 0.2) is 17.7 Å². The second-order valence-corrected chi connectivity index (χ2v) is 2.61. The SMILES string of the molecule is [C-]1=C2CCC(C=C1)C2.[K+]. The first-order valence-electron chi connectivity index (χ1n) is 3.23. The van der Waals surface area contributed by atoms with E-state index < -0.39 is 0 Å². The van der Waals surface area contributed by atoms with Gasteiger partial charge < -0.3 is 0 Å². The molecule has 1 heteroatoms. The summed E-state index contributed by atoms with van der Waals surface area (Å²) in [5.74, 6) is 0.881. The summed E-state index contributed by atoms with van der Waals surface area (Å²) in [7, 11) is 0. The van der Waals surface area contributed by atoms with Crippen LogP contribution < -0.4 is 51.4 Å². The maximum absolute atomic E-state index is 3.25. The van der Waals surface area contributed by atoms with Gasteiger partial charge in [-0.1, -0.05) is 25.2 Å². The Morgan fingerprint density at radius 1 is 1.56 bits per heavy atom. The fourth-order valence-corrected chi connectivity index (χ4v) is 1.48. The van der Waals surface area contributed by atoms with Crippen molar-refractivity contribution in [3.05, 3.63) is 23.8 Å². The summed E-state index contributed by atoms with van der Waals surface area (Å²) in [6, 6.07) is 0. The van der Waals surface area contributed by atoms with Crippen molar-refractivity contribution < 1.29 is 51.4 Å². The molecule has 0 radical (unpaired) electrons. The van der Waals surface area contributed by atoms with Gasteiger partial charge in [0.15, 0.2) is 0 Å². The Morgan fingerprint density at radius 3 is 3.11 bits per heavy atom. The normalized spacial score (nSPS) is 29.3. The van der Waals surface area contributed by atoms with E-state index >= 15 is 0 Å². The molecule has 0 saturated heterocycles. The smallest absolute Gasteiger partial charge is 0.252 e. The van der Waals surface area contributed by atoms with Crippen LogP contribution in [0.5, 0.6) is 0 Å². The molecule has 0 amide bonds. The monoisotopic (exact) mass is 144 g/mol. The number of hydrogen-bond acceptors (Lipinski definition) is 0. The standard InChI is InChI=1S/C8H9.K/c1-2-7-4-5-8(3-1)6-7;/h1-2,7H,4-6H2;/q-1;+1. The average molecular weight is 144 g/mol. The molecular weight excluding hydrogens is 135 g/mol. The van der Waals surface area contributed by atoms with Gasteiger partial charge in [-0.25, -0.2) is 12.2 Å². The van der Waals surface area contributed by atoms with Crippen molar-refractivity contribution >= 4 is 0 Å². The molecule has 1 atom stereocenters. The quantitative estimate of drug-likeness (QED) is 0.305. The van der Waals surface area contributed by atoms with Crippen molar-refractivity contribution in [3.8, 4) is 0 Å². The zero-order valence-corrected chi connectivity index (χ0v) is 8.98. The Hall–Kier alpha value is 1.12. The fraction of sp³-hybridized carbons (Fsp3) is 0.500. The summed E-state index contributed by atoms with van der Waals surface area (Å²) in [4.78, 5) is 0. The second kappa shape index (κ2) is 3.49. The van der Waals surface area contributed by atoms with Crippen molar-refractivity contribution in [1.29, 1.82) is 0 Å². The van der Waals surface area contributed by atoms with Gasteiger partial charge in [0.1, 0.15) is 0 Å². The van der Waals surface area contributed by atoms with Crippen LogP contribution in [-0.2, 0) is 0 Å². The molecule has 0 spiro atoms. The van der Waals surface area contributed by atoms with Crippen molar-refractivity contribution in [2.45, 2.75) is 19.3 Å². The fourth-order valence-electron chi connectivity index (χ4n) is 1.48. The summed E-state index contributed by atoms with van der Waals surface area (Å²) < 4.78 is 0. The van der Waals surface area contributed by atoms with E-state index in [4.69, 9.17) is 0 Å². The van der Waals surface area contributed by atoms with Gasteiger partial charge in [0, 0.05) is 0 Å². The molecule has 0 aromatic heterocycles. The second-order valence-electron chi connectivity index (χ2n) is 2.61. The first kappa shape index (κ1) is 8.22. The average Bonchev–Trinajstić information content (AvgIpc) is 2.12.